The van der Waals surface area contributed by atoms with Crippen molar-refractivity contribution in [2.45, 2.75) is 57.8 Å². The molecule has 4 nitrogen and oxygen atoms in total. The lowest BCUT2D eigenvalue weighted by molar-refractivity contribution is 0.569. The highest BCUT2D eigenvalue weighted by molar-refractivity contribution is 7.00. The molecule has 0 saturated carbocycles. The monoisotopic (exact) mass is 1410 g/mol. The van der Waals surface area contributed by atoms with Crippen LogP contribution in [0.3, 0.4) is 0 Å². The van der Waals surface area contributed by atoms with Gasteiger partial charge in [-0.3, -0.25) is 0 Å². The summed E-state index contributed by atoms with van der Waals surface area (Å²) >= 11 is 0. The van der Waals surface area contributed by atoms with E-state index in [1.807, 2.05) is 0 Å². The first-order chi connectivity index (χ1) is 53.8. The molecule has 1 aliphatic carbocycles. The van der Waals surface area contributed by atoms with Crippen LogP contribution >= 0.6 is 0 Å². The number of rotatable bonds is 9. The van der Waals surface area contributed by atoms with Crippen LogP contribution in [0.25, 0.3) is 94.3 Å². The fraction of sp³-hybridized carbons (Fsp3) is 0.0857. The maximum atomic E-state index is 2.71. The summed E-state index contributed by atoms with van der Waals surface area (Å²) in [5.74, 6) is 0. The number of anilines is 9. The van der Waals surface area contributed by atoms with Gasteiger partial charge in [0, 0.05) is 50.6 Å². The van der Waals surface area contributed by atoms with Crippen LogP contribution in [0.1, 0.15) is 74.9 Å². The van der Waals surface area contributed by atoms with Crippen molar-refractivity contribution in [3.05, 3.63) is 403 Å². The standard InChI is InChI=1S/C105H79BN4/c1-103(2,3)78-56-77(57-79(63-78)104(4,5)6)72-52-53-92-98(62-72)109(81-58-73(68-32-12-7-13-33-68)54-74(59-81)69-34-14-8-15-35-69)100-64-83(108-94-48-28-23-43-85(94)86-44-24-29-49-95(86)108)65-101-102(100)106(92)93-67-91-87(66-99(93)110(101)82-60-75(70-36-16-9-17-37-70)55-76(61-82)71-38-18-10-19-39-71)84-42-22-25-45-88(84)105(91)89-46-26-30-50-96(89)107(80-40-20-11-21-41-80)97-51-31-27-47-90(97)105/h7-67H,1-6H3. The number of benzene rings is 16. The van der Waals surface area contributed by atoms with Gasteiger partial charge in [0.25, 0.3) is 6.71 Å². The molecule has 4 aliphatic rings. The zero-order valence-corrected chi connectivity index (χ0v) is 62.6. The Labute approximate surface area is 644 Å². The lowest BCUT2D eigenvalue weighted by Gasteiger charge is -2.47. The molecule has 1 aromatic heterocycles. The third-order valence-electron chi connectivity index (χ3n) is 23.9. The summed E-state index contributed by atoms with van der Waals surface area (Å²) in [5, 5.41) is 2.42. The third-order valence-corrected chi connectivity index (χ3v) is 23.9. The van der Waals surface area contributed by atoms with Crippen molar-refractivity contribution in [1.29, 1.82) is 0 Å². The van der Waals surface area contributed by atoms with Gasteiger partial charge in [0.05, 0.1) is 33.5 Å². The Hall–Kier alpha value is -13.2. The minimum absolute atomic E-state index is 0.114. The maximum Gasteiger partial charge on any atom is 0.252 e. The molecule has 21 rings (SSSR count). The summed E-state index contributed by atoms with van der Waals surface area (Å²) in [7, 11) is 0. The first-order valence-corrected chi connectivity index (χ1v) is 38.7. The van der Waals surface area contributed by atoms with E-state index in [-0.39, 0.29) is 17.5 Å². The Morgan fingerprint density at radius 2 is 0.636 bits per heavy atom. The molecule has 0 amide bonds. The van der Waals surface area contributed by atoms with Crippen molar-refractivity contribution in [1.82, 2.24) is 4.57 Å². The minimum Gasteiger partial charge on any atom is -0.311 e. The van der Waals surface area contributed by atoms with Crippen molar-refractivity contribution in [2.24, 2.45) is 0 Å². The van der Waals surface area contributed by atoms with Gasteiger partial charge < -0.3 is 19.3 Å². The van der Waals surface area contributed by atoms with Crippen LogP contribution in [0.5, 0.6) is 0 Å². The normalized spacial score (nSPS) is 13.5. The second-order valence-electron chi connectivity index (χ2n) is 32.4. The predicted molar refractivity (Wildman–Crippen MR) is 465 cm³/mol. The predicted octanol–water partition coefficient (Wildman–Crippen LogP) is 25.9. The maximum absolute atomic E-state index is 2.71. The van der Waals surface area contributed by atoms with E-state index in [2.05, 4.69) is 431 Å². The molecule has 0 N–H and O–H groups in total. The molecule has 0 unspecified atom stereocenters. The van der Waals surface area contributed by atoms with Gasteiger partial charge >= 0.3 is 0 Å². The summed E-state index contributed by atoms with van der Waals surface area (Å²) < 4.78 is 2.55. The third kappa shape index (κ3) is 10.1. The average molecular weight is 1410 g/mol. The van der Waals surface area contributed by atoms with Gasteiger partial charge in [-0.05, 0) is 224 Å². The van der Waals surface area contributed by atoms with Crippen molar-refractivity contribution >= 4 is 96.1 Å². The van der Waals surface area contributed by atoms with Gasteiger partial charge in [-0.1, -0.05) is 315 Å². The molecule has 0 radical (unpaired) electrons. The Morgan fingerprint density at radius 1 is 0.236 bits per heavy atom. The zero-order valence-electron chi connectivity index (χ0n) is 62.6. The van der Waals surface area contributed by atoms with Crippen molar-refractivity contribution in [3.8, 4) is 72.4 Å². The van der Waals surface area contributed by atoms with Gasteiger partial charge in [-0.25, -0.2) is 0 Å². The fourth-order valence-corrected chi connectivity index (χ4v) is 18.8. The van der Waals surface area contributed by atoms with E-state index in [1.54, 1.807) is 0 Å². The molecule has 110 heavy (non-hydrogen) atoms. The van der Waals surface area contributed by atoms with E-state index < -0.39 is 5.41 Å². The average Bonchev–Trinajstić information content (AvgIpc) is 1.38. The van der Waals surface area contributed by atoms with Crippen LogP contribution in [0.2, 0.25) is 0 Å². The van der Waals surface area contributed by atoms with Gasteiger partial charge in [-0.15, -0.1) is 0 Å². The van der Waals surface area contributed by atoms with E-state index in [4.69, 9.17) is 0 Å². The van der Waals surface area contributed by atoms with Crippen LogP contribution < -0.4 is 31.1 Å². The number of nitrogens with zero attached hydrogens (tertiary/aromatic N) is 4. The second-order valence-corrected chi connectivity index (χ2v) is 32.4. The summed E-state index contributed by atoms with van der Waals surface area (Å²) in [4.78, 5) is 7.87. The Balaban J connectivity index is 0.942. The highest BCUT2D eigenvalue weighted by Crippen LogP contribution is 2.64. The highest BCUT2D eigenvalue weighted by Gasteiger charge is 2.54. The summed E-state index contributed by atoms with van der Waals surface area (Å²) in [6, 6.07) is 141. The smallest absolute Gasteiger partial charge is 0.252 e. The SMILES string of the molecule is CC(C)(C)c1cc(-c2ccc3c(c2)N(c2cc(-c4ccccc4)cc(-c4ccccc4)c2)c2cc(-n4c5ccccc5c5ccccc54)cc4c2B3c2cc3c(cc2N4c2cc(-c4ccccc4)cc(-c4ccccc4)c2)-c2ccccc2C32c3ccccc3N(c3ccccc3)c3ccccc32)cc(C(C)(C)C)c1. The molecule has 16 aromatic carbocycles. The number of fused-ring (bicyclic) bond motifs is 16. The van der Waals surface area contributed by atoms with E-state index in [1.165, 1.54) is 94.2 Å². The van der Waals surface area contributed by atoms with Crippen LogP contribution in [0.4, 0.5) is 51.2 Å². The van der Waals surface area contributed by atoms with Gasteiger partial charge in [0.2, 0.25) is 0 Å². The van der Waals surface area contributed by atoms with E-state index in [0.29, 0.717) is 0 Å². The van der Waals surface area contributed by atoms with Crippen LogP contribution in [-0.2, 0) is 16.2 Å². The molecule has 0 saturated heterocycles. The highest BCUT2D eigenvalue weighted by atomic mass is 15.2. The van der Waals surface area contributed by atoms with Crippen molar-refractivity contribution in [3.63, 3.8) is 0 Å². The molecular weight excluding hydrogens is 1330 g/mol. The van der Waals surface area contributed by atoms with Crippen LogP contribution in [0, 0.1) is 0 Å². The number of aromatic nitrogens is 1. The molecule has 0 atom stereocenters. The molecule has 3 aliphatic heterocycles. The van der Waals surface area contributed by atoms with E-state index in [9.17, 15) is 0 Å². The van der Waals surface area contributed by atoms with Gasteiger partial charge in [-0.2, -0.15) is 0 Å². The fourth-order valence-electron chi connectivity index (χ4n) is 18.8. The van der Waals surface area contributed by atoms with Gasteiger partial charge in [0.1, 0.15) is 0 Å². The molecule has 0 bridgehead atoms. The summed E-state index contributed by atoms with van der Waals surface area (Å²) in [6.07, 6.45) is 0. The minimum atomic E-state index is -0.747. The Bertz CT molecular complexity index is 6310. The van der Waals surface area contributed by atoms with Crippen LogP contribution in [0.15, 0.2) is 370 Å². The Kier molecular flexibility index (Phi) is 14.8. The van der Waals surface area contributed by atoms with E-state index >= 15 is 0 Å². The first kappa shape index (κ1) is 65.1. The van der Waals surface area contributed by atoms with Crippen molar-refractivity contribution < 1.29 is 0 Å². The summed E-state index contributed by atoms with van der Waals surface area (Å²) in [6.45, 7) is 13.8. The molecule has 17 aromatic rings. The molecule has 522 valence electrons. The lowest BCUT2D eigenvalue weighted by atomic mass is 9.33. The number of para-hydroxylation sites is 5. The summed E-state index contributed by atoms with van der Waals surface area (Å²) in [5.41, 5.74) is 37.8. The van der Waals surface area contributed by atoms with E-state index in [0.717, 1.165) is 101 Å². The number of hydrogen-bond donors (Lipinski definition) is 0. The quantitative estimate of drug-likeness (QED) is 0.134. The van der Waals surface area contributed by atoms with Gasteiger partial charge in [0.15, 0.2) is 0 Å². The molecule has 4 heterocycles. The topological polar surface area (TPSA) is 14.7 Å². The van der Waals surface area contributed by atoms with Crippen LogP contribution in [-0.4, -0.2) is 11.3 Å². The Morgan fingerprint density at radius 3 is 1.12 bits per heavy atom. The lowest BCUT2D eigenvalue weighted by Crippen LogP contribution is -2.61. The molecule has 1 spiro atoms. The molecule has 5 heteroatoms. The first-order valence-electron chi connectivity index (χ1n) is 38.7. The molecule has 0 fully saturated rings. The largest absolute Gasteiger partial charge is 0.311 e. The number of hydrogen-bond acceptors (Lipinski definition) is 3. The second kappa shape index (κ2) is 24.9. The zero-order chi connectivity index (χ0) is 73.7. The molecular formula is C105H79BN4. The van der Waals surface area contributed by atoms with Crippen molar-refractivity contribution in [2.75, 3.05) is 14.7 Å².